The Hall–Kier alpha value is -0.940. The molecule has 0 aliphatic carbocycles. The zero-order chi connectivity index (χ0) is 11.3. The van der Waals surface area contributed by atoms with Gasteiger partial charge in [-0.15, -0.1) is 0 Å². The van der Waals surface area contributed by atoms with Gasteiger partial charge in [0.25, 0.3) is 0 Å². The molecule has 0 amide bonds. The molecule has 0 aliphatic heterocycles. The van der Waals surface area contributed by atoms with Gasteiger partial charge in [0.1, 0.15) is 5.75 Å². The Kier molecular flexibility index (Phi) is 4.71. The first-order valence-electron chi connectivity index (χ1n) is 4.75. The largest absolute Gasteiger partial charge is 0.506 e. The Morgan fingerprint density at radius 2 is 2.33 bits per heavy atom. The molecule has 0 saturated heterocycles. The summed E-state index contributed by atoms with van der Waals surface area (Å²) in [5.41, 5.74) is 0.863. The molecule has 0 spiro atoms. The van der Waals surface area contributed by atoms with Crippen LogP contribution in [0.4, 0.5) is 0 Å². The summed E-state index contributed by atoms with van der Waals surface area (Å²) in [7, 11) is -0.780. The van der Waals surface area contributed by atoms with Crippen LogP contribution in [0.1, 0.15) is 12.6 Å². The van der Waals surface area contributed by atoms with Gasteiger partial charge in [-0.05, 0) is 19.1 Å². The standard InChI is InChI=1S/C10H16N2O2S/c1-8(7-15(2)14)11-5-9-3-4-10(13)6-12-9/h3-4,6,8,11,13H,5,7H2,1-2H3. The smallest absolute Gasteiger partial charge is 0.133 e. The molecule has 2 unspecified atom stereocenters. The van der Waals surface area contributed by atoms with Crippen molar-refractivity contribution in [1.82, 2.24) is 10.3 Å². The van der Waals surface area contributed by atoms with Gasteiger partial charge in [-0.1, -0.05) is 0 Å². The summed E-state index contributed by atoms with van der Waals surface area (Å²) in [6.07, 6.45) is 3.11. The molecule has 0 fully saturated rings. The van der Waals surface area contributed by atoms with Crippen LogP contribution >= 0.6 is 0 Å². The van der Waals surface area contributed by atoms with Gasteiger partial charge in [0, 0.05) is 35.4 Å². The Balaban J connectivity index is 2.36. The number of hydrogen-bond donors (Lipinski definition) is 2. The Morgan fingerprint density at radius 3 is 2.87 bits per heavy atom. The predicted octanol–water partition coefficient (Wildman–Crippen LogP) is 0.644. The number of nitrogens with zero attached hydrogens (tertiary/aromatic N) is 1. The molecule has 0 aliphatic rings. The van der Waals surface area contributed by atoms with Crippen molar-refractivity contribution < 1.29 is 9.32 Å². The van der Waals surface area contributed by atoms with Crippen LogP contribution in [0.25, 0.3) is 0 Å². The minimum atomic E-state index is -0.780. The molecule has 0 aromatic carbocycles. The molecule has 4 nitrogen and oxygen atoms in total. The van der Waals surface area contributed by atoms with E-state index in [1.165, 1.54) is 6.20 Å². The predicted molar refractivity (Wildman–Crippen MR) is 61.1 cm³/mol. The topological polar surface area (TPSA) is 62.2 Å². The SMILES string of the molecule is CC(CS(C)=O)NCc1ccc(O)cn1. The first-order valence-corrected chi connectivity index (χ1v) is 6.48. The third-order valence-electron chi connectivity index (χ3n) is 1.93. The second-order valence-corrected chi connectivity index (χ2v) is 5.01. The van der Waals surface area contributed by atoms with E-state index in [4.69, 9.17) is 5.11 Å². The number of hydrogen-bond acceptors (Lipinski definition) is 4. The summed E-state index contributed by atoms with van der Waals surface area (Å²) in [6, 6.07) is 3.57. The van der Waals surface area contributed by atoms with Gasteiger partial charge in [-0.3, -0.25) is 9.19 Å². The van der Waals surface area contributed by atoms with E-state index in [-0.39, 0.29) is 11.8 Å². The molecular formula is C10H16N2O2S. The molecule has 1 rings (SSSR count). The Morgan fingerprint density at radius 1 is 1.60 bits per heavy atom. The fraction of sp³-hybridized carbons (Fsp3) is 0.500. The van der Waals surface area contributed by atoms with Gasteiger partial charge >= 0.3 is 0 Å². The normalized spacial score (nSPS) is 14.8. The van der Waals surface area contributed by atoms with Gasteiger partial charge in [0.2, 0.25) is 0 Å². The molecular weight excluding hydrogens is 212 g/mol. The summed E-state index contributed by atoms with van der Waals surface area (Å²) < 4.78 is 10.9. The van der Waals surface area contributed by atoms with Gasteiger partial charge in [-0.2, -0.15) is 0 Å². The minimum absolute atomic E-state index is 0.168. The Labute approximate surface area is 92.2 Å². The minimum Gasteiger partial charge on any atom is -0.506 e. The summed E-state index contributed by atoms with van der Waals surface area (Å²) in [5.74, 6) is 0.805. The molecule has 2 atom stereocenters. The first-order chi connectivity index (χ1) is 7.08. The fourth-order valence-corrected chi connectivity index (χ4v) is 2.03. The van der Waals surface area contributed by atoms with E-state index in [1.54, 1.807) is 18.4 Å². The summed E-state index contributed by atoms with van der Waals surface area (Å²) >= 11 is 0. The molecule has 0 saturated carbocycles. The average molecular weight is 228 g/mol. The molecule has 0 bridgehead atoms. The van der Waals surface area contributed by atoms with Gasteiger partial charge in [0.05, 0.1) is 11.9 Å². The fourth-order valence-electron chi connectivity index (χ4n) is 1.21. The van der Waals surface area contributed by atoms with Crippen molar-refractivity contribution in [2.24, 2.45) is 0 Å². The highest BCUT2D eigenvalue weighted by Gasteiger charge is 2.03. The van der Waals surface area contributed by atoms with Crippen LogP contribution in [0, 0.1) is 0 Å². The molecule has 84 valence electrons. The summed E-state index contributed by atoms with van der Waals surface area (Å²) in [4.78, 5) is 4.04. The first kappa shape index (κ1) is 12.1. The lowest BCUT2D eigenvalue weighted by Crippen LogP contribution is -2.30. The van der Waals surface area contributed by atoms with E-state index >= 15 is 0 Å². The third-order valence-corrected chi connectivity index (χ3v) is 2.89. The maximum absolute atomic E-state index is 10.9. The summed E-state index contributed by atoms with van der Waals surface area (Å²) in [6.45, 7) is 2.61. The molecule has 1 aromatic rings. The van der Waals surface area contributed by atoms with Crippen LogP contribution in [0.15, 0.2) is 18.3 Å². The Bertz CT molecular complexity index is 327. The monoisotopic (exact) mass is 228 g/mol. The summed E-state index contributed by atoms with van der Waals surface area (Å²) in [5, 5.41) is 12.2. The van der Waals surface area contributed by atoms with Crippen molar-refractivity contribution in [3.8, 4) is 5.75 Å². The van der Waals surface area contributed by atoms with Gasteiger partial charge < -0.3 is 10.4 Å². The highest BCUT2D eigenvalue weighted by atomic mass is 32.2. The van der Waals surface area contributed by atoms with Crippen molar-refractivity contribution in [2.45, 2.75) is 19.5 Å². The number of aromatic nitrogens is 1. The molecule has 15 heavy (non-hydrogen) atoms. The lowest BCUT2D eigenvalue weighted by Gasteiger charge is -2.11. The van der Waals surface area contributed by atoms with Gasteiger partial charge in [-0.25, -0.2) is 0 Å². The second kappa shape index (κ2) is 5.82. The lowest BCUT2D eigenvalue weighted by atomic mass is 10.3. The van der Waals surface area contributed by atoms with Crippen LogP contribution in [0.3, 0.4) is 0 Å². The van der Waals surface area contributed by atoms with Crippen LogP contribution < -0.4 is 5.32 Å². The molecule has 1 heterocycles. The number of aromatic hydroxyl groups is 1. The zero-order valence-electron chi connectivity index (χ0n) is 8.93. The van der Waals surface area contributed by atoms with E-state index in [1.807, 2.05) is 6.92 Å². The number of rotatable bonds is 5. The zero-order valence-corrected chi connectivity index (χ0v) is 9.75. The molecule has 2 N–H and O–H groups in total. The van der Waals surface area contributed by atoms with Crippen molar-refractivity contribution in [2.75, 3.05) is 12.0 Å². The highest BCUT2D eigenvalue weighted by Crippen LogP contribution is 2.05. The van der Waals surface area contributed by atoms with E-state index in [2.05, 4.69) is 10.3 Å². The van der Waals surface area contributed by atoms with E-state index in [9.17, 15) is 4.21 Å². The van der Waals surface area contributed by atoms with Crippen molar-refractivity contribution >= 4 is 10.8 Å². The maximum atomic E-state index is 10.9. The van der Waals surface area contributed by atoms with E-state index < -0.39 is 10.8 Å². The van der Waals surface area contributed by atoms with E-state index in [0.29, 0.717) is 12.3 Å². The van der Waals surface area contributed by atoms with Gasteiger partial charge in [0.15, 0.2) is 0 Å². The molecule has 1 aromatic heterocycles. The van der Waals surface area contributed by atoms with Crippen molar-refractivity contribution in [3.63, 3.8) is 0 Å². The number of nitrogens with one attached hydrogen (secondary N) is 1. The van der Waals surface area contributed by atoms with Crippen molar-refractivity contribution in [3.05, 3.63) is 24.0 Å². The van der Waals surface area contributed by atoms with Crippen LogP contribution in [-0.4, -0.2) is 32.3 Å². The van der Waals surface area contributed by atoms with Crippen LogP contribution in [0.2, 0.25) is 0 Å². The van der Waals surface area contributed by atoms with Crippen LogP contribution in [-0.2, 0) is 17.3 Å². The van der Waals surface area contributed by atoms with Crippen molar-refractivity contribution in [1.29, 1.82) is 0 Å². The third kappa shape index (κ3) is 4.90. The average Bonchev–Trinajstić information content (AvgIpc) is 2.16. The quantitative estimate of drug-likeness (QED) is 0.776. The highest BCUT2D eigenvalue weighted by molar-refractivity contribution is 7.84. The van der Waals surface area contributed by atoms with Crippen LogP contribution in [0.5, 0.6) is 5.75 Å². The number of pyridine rings is 1. The maximum Gasteiger partial charge on any atom is 0.133 e. The molecule has 0 radical (unpaired) electrons. The second-order valence-electron chi connectivity index (χ2n) is 3.53. The van der Waals surface area contributed by atoms with E-state index in [0.717, 1.165) is 5.69 Å². The molecule has 5 heteroatoms. The lowest BCUT2D eigenvalue weighted by molar-refractivity contribution is 0.471.